The number of unbranched alkanes of at least 4 members (excludes halogenated alkanes) is 2. The number of amides is 16. The van der Waals surface area contributed by atoms with Crippen molar-refractivity contribution in [3.05, 3.63) is 13.0 Å². The van der Waals surface area contributed by atoms with Crippen molar-refractivity contribution in [3.8, 4) is 0 Å². The molecule has 0 aromatic heterocycles. The number of rotatable bonds is 38. The second kappa shape index (κ2) is 48.8. The Balaban J connectivity index is 3.56. The highest BCUT2D eigenvalue weighted by Gasteiger charge is 2.38. The number of nitrogens with one attached hydrogen (secondary N) is 14. The van der Waals surface area contributed by atoms with Crippen LogP contribution in [0, 0.1) is 36.6 Å². The Hall–Kier alpha value is -7.98. The molecule has 0 bridgehead atoms. The van der Waals surface area contributed by atoms with Crippen molar-refractivity contribution in [3.63, 3.8) is 0 Å². The third-order valence-corrected chi connectivity index (χ3v) is 17.7. The van der Waals surface area contributed by atoms with E-state index >= 15 is 0 Å². The van der Waals surface area contributed by atoms with Crippen LogP contribution in [0.2, 0.25) is 0 Å². The number of nitrogens with two attached hydrogens (primary N) is 4. The Morgan fingerprint density at radius 3 is 1.59 bits per heavy atom. The normalized spacial score (nSPS) is 21.0. The molecule has 578 valence electrons. The molecular formula is C63H110N18O19S2. The quantitative estimate of drug-likeness (QED) is 0.0202. The molecule has 0 aromatic carbocycles. The number of hydrogen-bond acceptors (Lipinski definition) is 23. The van der Waals surface area contributed by atoms with Gasteiger partial charge in [-0.3, -0.25) is 76.7 Å². The van der Waals surface area contributed by atoms with Crippen LogP contribution in [0.1, 0.15) is 140 Å². The fourth-order valence-electron chi connectivity index (χ4n) is 9.65. The van der Waals surface area contributed by atoms with Gasteiger partial charge in [0.1, 0.15) is 72.5 Å². The van der Waals surface area contributed by atoms with Gasteiger partial charge in [-0.25, -0.2) is 0 Å². The van der Waals surface area contributed by atoms with Crippen LogP contribution in [0.5, 0.6) is 0 Å². The van der Waals surface area contributed by atoms with E-state index in [1.54, 1.807) is 55.4 Å². The van der Waals surface area contributed by atoms with Crippen molar-refractivity contribution in [1.82, 2.24) is 74.4 Å². The maximum absolute atomic E-state index is 14.5. The zero-order chi connectivity index (χ0) is 77.5. The number of aliphatic hydroxyl groups excluding tert-OH is 3. The highest BCUT2D eigenvalue weighted by Crippen LogP contribution is 2.23. The molecule has 2 radical (unpaired) electrons. The summed E-state index contributed by atoms with van der Waals surface area (Å²) < 4.78 is 0. The van der Waals surface area contributed by atoms with Gasteiger partial charge in [0.05, 0.1) is 38.8 Å². The molecule has 1 aliphatic rings. The van der Waals surface area contributed by atoms with Crippen molar-refractivity contribution in [1.29, 1.82) is 0 Å². The summed E-state index contributed by atoms with van der Waals surface area (Å²) in [5.41, 5.74) is 22.6. The van der Waals surface area contributed by atoms with Gasteiger partial charge in [-0.05, 0) is 88.0 Å². The summed E-state index contributed by atoms with van der Waals surface area (Å²) in [4.78, 5) is 216. The molecule has 16 amide bonds. The van der Waals surface area contributed by atoms with Crippen molar-refractivity contribution in [2.75, 3.05) is 44.4 Å². The minimum absolute atomic E-state index is 0.00315. The largest absolute Gasteiger partial charge is 0.394 e. The number of primary amides is 2. The average Bonchev–Trinajstić information content (AvgIpc) is 0.919. The van der Waals surface area contributed by atoms with E-state index < -0.39 is 212 Å². The smallest absolute Gasteiger partial charge is 0.245 e. The van der Waals surface area contributed by atoms with Crippen molar-refractivity contribution in [2.24, 2.45) is 46.6 Å². The summed E-state index contributed by atoms with van der Waals surface area (Å²) in [6.45, 7) is 14.6. The van der Waals surface area contributed by atoms with Crippen molar-refractivity contribution < 1.29 is 92.0 Å². The maximum Gasteiger partial charge on any atom is 0.245 e. The van der Waals surface area contributed by atoms with Crippen LogP contribution in [0.15, 0.2) is 0 Å². The summed E-state index contributed by atoms with van der Waals surface area (Å²) in [6, 6.07) is -19.7. The minimum Gasteiger partial charge on any atom is -0.394 e. The molecule has 102 heavy (non-hydrogen) atoms. The number of carbonyl (C=O) groups excluding carboxylic acids is 16. The van der Waals surface area contributed by atoms with Gasteiger partial charge in [0.15, 0.2) is 0 Å². The van der Waals surface area contributed by atoms with E-state index in [9.17, 15) is 92.0 Å². The third kappa shape index (κ3) is 35.3. The van der Waals surface area contributed by atoms with Gasteiger partial charge in [0.25, 0.3) is 0 Å². The lowest BCUT2D eigenvalue weighted by molar-refractivity contribution is -0.137. The highest BCUT2D eigenvalue weighted by atomic mass is 33.1. The van der Waals surface area contributed by atoms with E-state index in [1.165, 1.54) is 19.9 Å². The summed E-state index contributed by atoms with van der Waals surface area (Å²) in [6.07, 6.45) is 1.70. The molecule has 1 fully saturated rings. The van der Waals surface area contributed by atoms with Crippen LogP contribution in [-0.4, -0.2) is 233 Å². The van der Waals surface area contributed by atoms with Gasteiger partial charge in [0, 0.05) is 24.5 Å². The topological polar surface area (TPSA) is 606 Å². The Morgan fingerprint density at radius 1 is 0.549 bits per heavy atom. The van der Waals surface area contributed by atoms with Gasteiger partial charge in [-0.2, -0.15) is 0 Å². The van der Waals surface area contributed by atoms with Gasteiger partial charge >= 0.3 is 0 Å². The second-order valence-electron chi connectivity index (χ2n) is 26.0. The van der Waals surface area contributed by atoms with Crippen molar-refractivity contribution >= 4 is 116 Å². The molecule has 25 N–H and O–H groups in total. The monoisotopic (exact) mass is 1490 g/mol. The predicted octanol–water partition coefficient (Wildman–Crippen LogP) is -7.01. The summed E-state index contributed by atoms with van der Waals surface area (Å²) >= 11 is 0. The number of carbonyl (C=O) groups is 16. The average molecular weight is 1490 g/mol. The Kier molecular flexibility index (Phi) is 44.0. The van der Waals surface area contributed by atoms with Crippen LogP contribution >= 0.6 is 21.6 Å². The molecule has 13 atom stereocenters. The van der Waals surface area contributed by atoms with Crippen LogP contribution in [0.4, 0.5) is 0 Å². The van der Waals surface area contributed by atoms with E-state index in [2.05, 4.69) is 74.4 Å². The molecule has 0 aromatic rings. The fraction of sp³-hybridized carbons (Fsp3) is 0.714. The van der Waals surface area contributed by atoms with Gasteiger partial charge in [0.2, 0.25) is 94.5 Å². The van der Waals surface area contributed by atoms with Crippen LogP contribution in [0.3, 0.4) is 0 Å². The predicted molar refractivity (Wildman–Crippen MR) is 376 cm³/mol. The summed E-state index contributed by atoms with van der Waals surface area (Å²) in [5.74, 6) is -17.4. The molecule has 1 aliphatic heterocycles. The maximum atomic E-state index is 14.5. The molecule has 1 rings (SSSR count). The highest BCUT2D eigenvalue weighted by molar-refractivity contribution is 8.76. The molecular weight excluding hydrogens is 1380 g/mol. The Bertz CT molecular complexity index is 2820. The molecule has 0 aliphatic carbocycles. The van der Waals surface area contributed by atoms with Crippen LogP contribution < -0.4 is 97.4 Å². The first-order valence-electron chi connectivity index (χ1n) is 33.9. The Labute approximate surface area is 602 Å². The standard InChI is InChI=1S/C63H110N18O19S2/c1-11-13-20-68-52(89)38(17-18-47(66)85)72-60(97)45(28-84)79-56(93)40(22-32(5)6)73-55(92)37(16-14-15-19-64)70-49(87)25-69-53(90)39(21-31(3)4)76-63(100)50(34(9)10)81-62(99)46-30-102-101-29-35(65)51(88)77-43(26-82)61(98)75-42(24-48(67)86)58(95)74-41(23-33(7)8)57(94)78-44(27-83)59(96)71-36(12-2)54(91)80-46/h12,20,31-46,50,82-84H,11,13-19,21-30,64-65H2,1-10H3,(H2,66,85)(H2,67,86)(H,68,89)(H,69,90)(H,70,87)(H,71,96)(H,72,97)(H,73,92)(H,74,95)(H,75,98)(H,76,100)(H,77,88)(H,78,94)(H,79,93)(H,80,91)(H,81,99). The second-order valence-corrected chi connectivity index (χ2v) is 28.6. The first-order chi connectivity index (χ1) is 48.0. The van der Waals surface area contributed by atoms with Gasteiger partial charge in [-0.1, -0.05) is 97.2 Å². The number of hydrogen-bond donors (Lipinski definition) is 21. The van der Waals surface area contributed by atoms with E-state index in [1.807, 2.05) is 6.92 Å². The summed E-state index contributed by atoms with van der Waals surface area (Å²) in [5, 5.41) is 65.0. The molecule has 13 unspecified atom stereocenters. The lowest BCUT2D eigenvalue weighted by atomic mass is 9.99. The fourth-order valence-corrected chi connectivity index (χ4v) is 11.9. The lowest BCUT2D eigenvalue weighted by Gasteiger charge is -2.29. The first-order valence-corrected chi connectivity index (χ1v) is 36.4. The molecule has 0 spiro atoms. The molecule has 1 heterocycles. The van der Waals surface area contributed by atoms with E-state index in [0.717, 1.165) is 21.6 Å². The van der Waals surface area contributed by atoms with Crippen LogP contribution in [0.25, 0.3) is 0 Å². The van der Waals surface area contributed by atoms with Gasteiger partial charge < -0.3 is 113 Å². The third-order valence-electron chi connectivity index (χ3n) is 15.2. The first kappa shape index (κ1) is 92.0. The van der Waals surface area contributed by atoms with E-state index in [0.29, 0.717) is 25.7 Å². The lowest BCUT2D eigenvalue weighted by Crippen LogP contribution is -2.62. The zero-order valence-corrected chi connectivity index (χ0v) is 61.3. The Morgan fingerprint density at radius 2 is 1.05 bits per heavy atom. The van der Waals surface area contributed by atoms with E-state index in [-0.39, 0.29) is 74.3 Å². The summed E-state index contributed by atoms with van der Waals surface area (Å²) in [7, 11) is 1.81. The van der Waals surface area contributed by atoms with E-state index in [4.69, 9.17) is 22.9 Å². The van der Waals surface area contributed by atoms with Crippen LogP contribution in [-0.2, 0) is 76.7 Å². The molecule has 37 nitrogen and oxygen atoms in total. The zero-order valence-electron chi connectivity index (χ0n) is 59.7. The minimum atomic E-state index is -1.77. The SMILES string of the molecule is C[CH]C1NC(=O)C(CO)NC(=O)C(CC(C)C)NC(=O)C(CC(N)=O)NC(=O)C(CO)NC(=O)C(N)CSSCC(C(=O)NC(C(=O)NC(CC(C)C)C(=O)NCC(=O)NC(CCCCN)C(=O)NC(CC(C)C)C(=O)NC(CO)C(=O)NC(CCC(N)=O)C(=O)N[CH]CCC)C(C)C)NC1=O. The number of aliphatic hydroxyl groups is 3. The van der Waals surface area contributed by atoms with Crippen molar-refractivity contribution in [2.45, 2.75) is 218 Å². The molecule has 1 saturated heterocycles. The molecule has 0 saturated carbocycles. The van der Waals surface area contributed by atoms with Gasteiger partial charge in [-0.15, -0.1) is 0 Å². The molecule has 39 heteroatoms.